The number of aromatic amines is 1. The third-order valence-electron chi connectivity index (χ3n) is 4.74. The van der Waals surface area contributed by atoms with Gasteiger partial charge in [0.05, 0.1) is 11.4 Å². The van der Waals surface area contributed by atoms with Crippen molar-refractivity contribution in [3.8, 4) is 0 Å². The first kappa shape index (κ1) is 17.1. The number of aromatic nitrogens is 3. The Morgan fingerprint density at radius 1 is 1.26 bits per heavy atom. The normalized spacial score (nSPS) is 16.2. The maximum atomic E-state index is 7.65. The molecule has 5 N–H and O–H groups in total. The summed E-state index contributed by atoms with van der Waals surface area (Å²) in [6.45, 7) is 1.72. The summed E-state index contributed by atoms with van der Waals surface area (Å²) in [5.74, 6) is 1.94. The molecule has 27 heavy (non-hydrogen) atoms. The van der Waals surface area contributed by atoms with Crippen LogP contribution in [0.15, 0.2) is 48.4 Å². The van der Waals surface area contributed by atoms with Crippen molar-refractivity contribution >= 4 is 28.5 Å². The van der Waals surface area contributed by atoms with Gasteiger partial charge in [-0.15, -0.1) is 0 Å². The van der Waals surface area contributed by atoms with Gasteiger partial charge >= 0.3 is 0 Å². The molecule has 1 aliphatic carbocycles. The molecular formula is C20H23N7. The van der Waals surface area contributed by atoms with Gasteiger partial charge < -0.3 is 26.3 Å². The molecule has 1 atom stereocenters. The van der Waals surface area contributed by atoms with Crippen LogP contribution in [0.2, 0.25) is 0 Å². The molecule has 0 aliphatic heterocycles. The van der Waals surface area contributed by atoms with Crippen molar-refractivity contribution in [3.63, 3.8) is 0 Å². The molecule has 1 aliphatic rings. The Balaban J connectivity index is 1.66. The van der Waals surface area contributed by atoms with Crippen LogP contribution in [-0.4, -0.2) is 27.7 Å². The van der Waals surface area contributed by atoms with Crippen LogP contribution < -0.4 is 16.0 Å². The van der Waals surface area contributed by atoms with E-state index in [9.17, 15) is 0 Å². The summed E-state index contributed by atoms with van der Waals surface area (Å²) in [5, 5.41) is 18.4. The van der Waals surface area contributed by atoms with E-state index in [0.29, 0.717) is 17.5 Å². The summed E-state index contributed by atoms with van der Waals surface area (Å²) < 4.78 is 0. The molecule has 2 heterocycles. The minimum atomic E-state index is 0.241. The van der Waals surface area contributed by atoms with Crippen molar-refractivity contribution < 1.29 is 0 Å². The molecule has 0 bridgehead atoms. The quantitative estimate of drug-likeness (QED) is 0.432. The van der Waals surface area contributed by atoms with Gasteiger partial charge in [-0.2, -0.15) is 9.97 Å². The highest BCUT2D eigenvalue weighted by molar-refractivity contribution is 5.91. The number of H-pyrrole nitrogens is 1. The second-order valence-corrected chi connectivity index (χ2v) is 6.69. The zero-order valence-corrected chi connectivity index (χ0v) is 15.4. The van der Waals surface area contributed by atoms with Crippen molar-refractivity contribution in [1.82, 2.24) is 20.3 Å². The van der Waals surface area contributed by atoms with E-state index < -0.39 is 0 Å². The Hall–Kier alpha value is -3.35. The molecule has 2 aromatic heterocycles. The van der Waals surface area contributed by atoms with Crippen LogP contribution in [0.3, 0.4) is 0 Å². The number of anilines is 2. The Morgan fingerprint density at radius 2 is 2.11 bits per heavy atom. The highest BCUT2D eigenvalue weighted by Crippen LogP contribution is 2.35. The summed E-state index contributed by atoms with van der Waals surface area (Å²) in [6.07, 6.45) is 5.69. The van der Waals surface area contributed by atoms with Crippen LogP contribution in [0.25, 0.3) is 11.0 Å². The van der Waals surface area contributed by atoms with Crippen LogP contribution in [0.1, 0.15) is 30.5 Å². The van der Waals surface area contributed by atoms with Gasteiger partial charge in [0.15, 0.2) is 0 Å². The minimum Gasteiger partial charge on any atom is -0.375 e. The van der Waals surface area contributed by atoms with Crippen molar-refractivity contribution in [2.24, 2.45) is 0 Å². The maximum Gasteiger partial charge on any atom is 0.232 e. The zero-order valence-electron chi connectivity index (χ0n) is 15.4. The highest BCUT2D eigenvalue weighted by atomic mass is 15.2. The molecule has 0 amide bonds. The van der Waals surface area contributed by atoms with Gasteiger partial charge in [0.1, 0.15) is 17.3 Å². The monoisotopic (exact) mass is 361 g/mol. The summed E-state index contributed by atoms with van der Waals surface area (Å²) in [7, 11) is 1.80. The average molecular weight is 361 g/mol. The number of nitrogens with one attached hydrogen (secondary N) is 5. The number of aryl methyl sites for hydroxylation is 1. The lowest BCUT2D eigenvalue weighted by Crippen LogP contribution is -2.18. The molecule has 4 rings (SSSR count). The molecule has 3 aromatic rings. The Bertz CT molecular complexity index is 1020. The van der Waals surface area contributed by atoms with E-state index in [0.717, 1.165) is 29.7 Å². The summed E-state index contributed by atoms with van der Waals surface area (Å²) in [6, 6.07) is 10.8. The first-order valence-electron chi connectivity index (χ1n) is 9.05. The van der Waals surface area contributed by atoms with E-state index in [1.54, 1.807) is 20.0 Å². The summed E-state index contributed by atoms with van der Waals surface area (Å²) in [5.41, 5.74) is 3.94. The lowest BCUT2D eigenvalue weighted by molar-refractivity contribution is 0.758. The molecule has 0 spiro atoms. The fourth-order valence-corrected chi connectivity index (χ4v) is 3.49. The van der Waals surface area contributed by atoms with Gasteiger partial charge in [0.25, 0.3) is 0 Å². The van der Waals surface area contributed by atoms with Crippen LogP contribution >= 0.6 is 0 Å². The Kier molecular flexibility index (Phi) is 4.50. The number of fused-ring (bicyclic) bond motifs is 2. The molecular weight excluding hydrogens is 338 g/mol. The second kappa shape index (κ2) is 7.11. The number of nitrogens with zero attached hydrogens (tertiary/aromatic N) is 2. The van der Waals surface area contributed by atoms with E-state index in [-0.39, 0.29) is 6.04 Å². The molecule has 7 nitrogen and oxygen atoms in total. The average Bonchev–Trinajstić information content (AvgIpc) is 3.28. The van der Waals surface area contributed by atoms with Crippen molar-refractivity contribution in [2.75, 3.05) is 17.7 Å². The predicted molar refractivity (Wildman–Crippen MR) is 109 cm³/mol. The molecule has 0 unspecified atom stereocenters. The van der Waals surface area contributed by atoms with Gasteiger partial charge in [-0.25, -0.2) is 0 Å². The third-order valence-corrected chi connectivity index (χ3v) is 4.74. The zero-order chi connectivity index (χ0) is 18.8. The maximum absolute atomic E-state index is 7.65. The van der Waals surface area contributed by atoms with Gasteiger partial charge in [-0.1, -0.05) is 24.3 Å². The number of rotatable bonds is 6. The largest absolute Gasteiger partial charge is 0.375 e. The number of benzene rings is 1. The van der Waals surface area contributed by atoms with Gasteiger partial charge in [0, 0.05) is 19.0 Å². The molecule has 0 fully saturated rings. The molecule has 1 aromatic carbocycles. The van der Waals surface area contributed by atoms with Gasteiger partial charge in [-0.05, 0) is 43.0 Å². The Labute approximate surface area is 157 Å². The van der Waals surface area contributed by atoms with Crippen LogP contribution in [0, 0.1) is 5.41 Å². The van der Waals surface area contributed by atoms with Crippen LogP contribution in [0.5, 0.6) is 0 Å². The number of allylic oxidation sites excluding steroid dienone is 1. The highest BCUT2D eigenvalue weighted by Gasteiger charge is 2.23. The number of hydrogen-bond donors (Lipinski definition) is 5. The van der Waals surface area contributed by atoms with E-state index in [1.165, 1.54) is 11.1 Å². The summed E-state index contributed by atoms with van der Waals surface area (Å²) >= 11 is 0. The fourth-order valence-electron chi connectivity index (χ4n) is 3.49. The van der Waals surface area contributed by atoms with Crippen molar-refractivity contribution in [1.29, 1.82) is 5.41 Å². The fraction of sp³-hybridized carbons (Fsp3) is 0.250. The Morgan fingerprint density at radius 3 is 2.93 bits per heavy atom. The van der Waals surface area contributed by atoms with Crippen molar-refractivity contribution in [3.05, 3.63) is 59.6 Å². The van der Waals surface area contributed by atoms with Crippen LogP contribution in [-0.2, 0) is 6.42 Å². The SMILES string of the molecule is CN/C(=C\C(C)=N)Nc1nc(N[C@H]2CCc3ccccc32)c2cc[nH]c2n1. The van der Waals surface area contributed by atoms with E-state index in [4.69, 9.17) is 10.4 Å². The minimum absolute atomic E-state index is 0.241. The summed E-state index contributed by atoms with van der Waals surface area (Å²) in [4.78, 5) is 12.4. The lowest BCUT2D eigenvalue weighted by atomic mass is 10.1. The predicted octanol–water partition coefficient (Wildman–Crippen LogP) is 3.57. The molecule has 0 saturated carbocycles. The van der Waals surface area contributed by atoms with Crippen molar-refractivity contribution in [2.45, 2.75) is 25.8 Å². The lowest BCUT2D eigenvalue weighted by Gasteiger charge is -2.17. The topological polar surface area (TPSA) is 102 Å². The second-order valence-electron chi connectivity index (χ2n) is 6.69. The molecule has 0 saturated heterocycles. The smallest absolute Gasteiger partial charge is 0.232 e. The standard InChI is InChI=1S/C20H23N7/c1-12(21)11-17(22-2)25-20-26-18-15(9-10-23-18)19(27-20)24-16-8-7-13-5-3-4-6-14(13)16/h3-6,9-11,16,21-22H,7-8H2,1-2H3,(H3,23,24,25,26,27)/b17-11+,21-12?/t16-/m0/s1. The van der Waals surface area contributed by atoms with E-state index in [1.807, 2.05) is 12.3 Å². The number of hydrogen-bond acceptors (Lipinski definition) is 6. The molecule has 7 heteroatoms. The molecule has 0 radical (unpaired) electrons. The van der Waals surface area contributed by atoms with E-state index in [2.05, 4.69) is 50.2 Å². The van der Waals surface area contributed by atoms with Gasteiger partial charge in [0.2, 0.25) is 5.95 Å². The third kappa shape index (κ3) is 3.48. The van der Waals surface area contributed by atoms with Crippen LogP contribution in [0.4, 0.5) is 11.8 Å². The molecule has 138 valence electrons. The van der Waals surface area contributed by atoms with E-state index >= 15 is 0 Å². The van der Waals surface area contributed by atoms with Gasteiger partial charge in [-0.3, -0.25) is 0 Å². The first-order valence-corrected chi connectivity index (χ1v) is 9.05. The first-order chi connectivity index (χ1) is 13.1.